The summed E-state index contributed by atoms with van der Waals surface area (Å²) in [5.74, 6) is -1.32. The first-order valence-corrected chi connectivity index (χ1v) is 17.7. The van der Waals surface area contributed by atoms with Gasteiger partial charge in [0.05, 0.1) is 12.1 Å². The fourth-order valence-corrected chi connectivity index (χ4v) is 7.02. The topological polar surface area (TPSA) is 201 Å². The van der Waals surface area contributed by atoms with Gasteiger partial charge < -0.3 is 36.2 Å². The number of hydrogen-bond donors (Lipinski definition) is 5. The van der Waals surface area contributed by atoms with Crippen molar-refractivity contribution in [1.82, 2.24) is 31.6 Å². The summed E-state index contributed by atoms with van der Waals surface area (Å²) in [6.07, 6.45) is 6.03. The van der Waals surface area contributed by atoms with Gasteiger partial charge in [0.1, 0.15) is 11.6 Å². The van der Waals surface area contributed by atoms with E-state index < -0.39 is 35.5 Å². The van der Waals surface area contributed by atoms with Crippen molar-refractivity contribution in [3.05, 3.63) is 0 Å². The summed E-state index contributed by atoms with van der Waals surface area (Å²) in [4.78, 5) is 89.4. The van der Waals surface area contributed by atoms with E-state index in [0.29, 0.717) is 55.5 Å². The van der Waals surface area contributed by atoms with Gasteiger partial charge in [-0.3, -0.25) is 19.2 Å². The predicted octanol–water partition coefficient (Wildman–Crippen LogP) is 2.18. The minimum atomic E-state index is -1.15. The lowest BCUT2D eigenvalue weighted by Gasteiger charge is -2.23. The first-order valence-electron chi connectivity index (χ1n) is 16.6. The first-order chi connectivity index (χ1) is 22.3. The van der Waals surface area contributed by atoms with E-state index in [0.717, 1.165) is 37.9 Å². The molecule has 3 aliphatic heterocycles. The molecule has 15 nitrogen and oxygen atoms in total. The standard InChI is InChI=1S/C31H50N6O9S/c1-31(2,3)45-30(44)35-20(28(42)46-37-25(40)15-16-26(37)41)11-8-10-18-33-23(38)13-5-4-9-17-32-24(39)14-7-6-12-22-27-21(19-47-22)34-29(43)36-27/h20-22,27H,4-19H2,1-3H3,(H,32,39)(H,33,38)(H,35,44)(H2,34,36,43). The maximum Gasteiger partial charge on any atom is 0.408 e. The minimum absolute atomic E-state index is 0.0327. The second-order valence-corrected chi connectivity index (χ2v) is 14.3. The lowest BCUT2D eigenvalue weighted by atomic mass is 10.0. The smallest absolute Gasteiger partial charge is 0.408 e. The summed E-state index contributed by atoms with van der Waals surface area (Å²) in [5.41, 5.74) is -0.799. The Balaban J connectivity index is 1.20. The summed E-state index contributed by atoms with van der Waals surface area (Å²) in [6, 6.07) is -0.825. The Morgan fingerprint density at radius 2 is 1.49 bits per heavy atom. The maximum atomic E-state index is 12.7. The van der Waals surface area contributed by atoms with Crippen molar-refractivity contribution in [1.29, 1.82) is 0 Å². The molecule has 4 unspecified atom stereocenters. The van der Waals surface area contributed by atoms with Crippen LogP contribution in [0.4, 0.5) is 9.59 Å². The Hall–Kier alpha value is -3.56. The van der Waals surface area contributed by atoms with E-state index in [1.165, 1.54) is 0 Å². The normalized spacial score (nSPS) is 21.0. The average Bonchev–Trinajstić information content (AvgIpc) is 3.65. The summed E-state index contributed by atoms with van der Waals surface area (Å²) in [6.45, 7) is 5.97. The first kappa shape index (κ1) is 37.9. The quantitative estimate of drug-likeness (QED) is 0.0764. The Kier molecular flexibility index (Phi) is 15.1. The number of ether oxygens (including phenoxy) is 1. The van der Waals surface area contributed by atoms with Crippen LogP contribution >= 0.6 is 11.8 Å². The third-order valence-electron chi connectivity index (χ3n) is 7.89. The average molecular weight is 683 g/mol. The van der Waals surface area contributed by atoms with Crippen molar-refractivity contribution >= 4 is 53.5 Å². The van der Waals surface area contributed by atoms with Gasteiger partial charge >= 0.3 is 18.1 Å². The molecular weight excluding hydrogens is 632 g/mol. The van der Waals surface area contributed by atoms with Gasteiger partial charge in [0.25, 0.3) is 11.8 Å². The molecule has 3 rings (SSSR count). The van der Waals surface area contributed by atoms with E-state index in [1.807, 2.05) is 11.8 Å². The Morgan fingerprint density at radius 1 is 0.872 bits per heavy atom. The summed E-state index contributed by atoms with van der Waals surface area (Å²) in [5, 5.41) is 15.0. The molecule has 0 spiro atoms. The van der Waals surface area contributed by atoms with Gasteiger partial charge in [-0.15, -0.1) is 5.06 Å². The number of carbonyl (C=O) groups is 7. The van der Waals surface area contributed by atoms with Gasteiger partial charge in [-0.1, -0.05) is 12.8 Å². The third-order valence-corrected chi connectivity index (χ3v) is 9.40. The minimum Gasteiger partial charge on any atom is -0.444 e. The van der Waals surface area contributed by atoms with Gasteiger partial charge in [-0.05, 0) is 65.7 Å². The second kappa shape index (κ2) is 18.7. The van der Waals surface area contributed by atoms with Crippen LogP contribution in [0.5, 0.6) is 0 Å². The fraction of sp³-hybridized carbons (Fsp3) is 0.774. The molecule has 3 aliphatic rings. The number of imide groups is 1. The molecule has 7 amide bonds. The van der Waals surface area contributed by atoms with Gasteiger partial charge in [0.15, 0.2) is 0 Å². The largest absolute Gasteiger partial charge is 0.444 e. The molecule has 5 N–H and O–H groups in total. The molecule has 264 valence electrons. The number of nitrogens with zero attached hydrogens (tertiary/aromatic N) is 1. The third kappa shape index (κ3) is 13.6. The number of thioether (sulfide) groups is 1. The molecule has 0 radical (unpaired) electrons. The van der Waals surface area contributed by atoms with Gasteiger partial charge in [-0.2, -0.15) is 11.8 Å². The van der Waals surface area contributed by atoms with Crippen LogP contribution < -0.4 is 26.6 Å². The number of alkyl carbamates (subject to hydrolysis) is 1. The molecule has 0 saturated carbocycles. The van der Waals surface area contributed by atoms with Crippen LogP contribution in [0.1, 0.15) is 104 Å². The lowest BCUT2D eigenvalue weighted by molar-refractivity contribution is -0.199. The van der Waals surface area contributed by atoms with Crippen molar-refractivity contribution in [2.45, 2.75) is 133 Å². The van der Waals surface area contributed by atoms with Crippen LogP contribution in [0, 0.1) is 0 Å². The Bertz CT molecular complexity index is 1130. The van der Waals surface area contributed by atoms with Crippen molar-refractivity contribution in [3.8, 4) is 0 Å². The number of rotatable bonds is 19. The monoisotopic (exact) mass is 682 g/mol. The Labute approximate surface area is 280 Å². The van der Waals surface area contributed by atoms with Crippen LogP contribution in [0.3, 0.4) is 0 Å². The van der Waals surface area contributed by atoms with Gasteiger partial charge in [0, 0.05) is 49.8 Å². The second-order valence-electron chi connectivity index (χ2n) is 13.1. The van der Waals surface area contributed by atoms with E-state index in [2.05, 4.69) is 26.6 Å². The zero-order valence-corrected chi connectivity index (χ0v) is 28.5. The number of carbonyl (C=O) groups excluding carboxylic acids is 7. The van der Waals surface area contributed by atoms with Crippen LogP contribution in [0.2, 0.25) is 0 Å². The highest BCUT2D eigenvalue weighted by atomic mass is 32.2. The summed E-state index contributed by atoms with van der Waals surface area (Å²) < 4.78 is 5.22. The molecule has 3 fully saturated rings. The molecule has 3 heterocycles. The highest BCUT2D eigenvalue weighted by molar-refractivity contribution is 8.00. The van der Waals surface area contributed by atoms with E-state index in [4.69, 9.17) is 9.57 Å². The highest BCUT2D eigenvalue weighted by Gasteiger charge is 2.42. The van der Waals surface area contributed by atoms with Crippen molar-refractivity contribution in [2.24, 2.45) is 0 Å². The van der Waals surface area contributed by atoms with Crippen molar-refractivity contribution in [3.63, 3.8) is 0 Å². The highest BCUT2D eigenvalue weighted by Crippen LogP contribution is 2.33. The van der Waals surface area contributed by atoms with Crippen LogP contribution in [0.15, 0.2) is 0 Å². The molecular formula is C31H50N6O9S. The van der Waals surface area contributed by atoms with E-state index in [9.17, 15) is 33.6 Å². The summed E-state index contributed by atoms with van der Waals surface area (Å²) >= 11 is 1.88. The predicted molar refractivity (Wildman–Crippen MR) is 173 cm³/mol. The van der Waals surface area contributed by atoms with Crippen molar-refractivity contribution in [2.75, 3.05) is 18.8 Å². The number of nitrogens with one attached hydrogen (secondary N) is 5. The van der Waals surface area contributed by atoms with Crippen LogP contribution in [0.25, 0.3) is 0 Å². The number of unbranched alkanes of at least 4 members (excludes halogenated alkanes) is 4. The van der Waals surface area contributed by atoms with Crippen molar-refractivity contribution < 1.29 is 43.1 Å². The zero-order valence-electron chi connectivity index (χ0n) is 27.7. The molecule has 4 atom stereocenters. The lowest BCUT2D eigenvalue weighted by Crippen LogP contribution is -2.46. The van der Waals surface area contributed by atoms with E-state index in [-0.39, 0.29) is 49.2 Å². The van der Waals surface area contributed by atoms with Crippen LogP contribution in [-0.2, 0) is 33.5 Å². The molecule has 16 heteroatoms. The zero-order chi connectivity index (χ0) is 34.4. The fourth-order valence-electron chi connectivity index (χ4n) is 5.48. The van der Waals surface area contributed by atoms with Gasteiger partial charge in [0.2, 0.25) is 11.8 Å². The number of hydroxylamine groups is 2. The maximum absolute atomic E-state index is 12.7. The molecule has 0 aromatic carbocycles. The Morgan fingerprint density at radius 3 is 2.13 bits per heavy atom. The summed E-state index contributed by atoms with van der Waals surface area (Å²) in [7, 11) is 0. The molecule has 0 aromatic heterocycles. The molecule has 0 aromatic rings. The van der Waals surface area contributed by atoms with Gasteiger partial charge in [-0.25, -0.2) is 14.4 Å². The molecule has 47 heavy (non-hydrogen) atoms. The molecule has 3 saturated heterocycles. The van der Waals surface area contributed by atoms with E-state index >= 15 is 0 Å². The van der Waals surface area contributed by atoms with E-state index in [1.54, 1.807) is 20.8 Å². The number of hydrogen-bond acceptors (Lipinski definition) is 10. The number of urea groups is 1. The number of fused-ring (bicyclic) bond motifs is 1. The molecule has 0 aliphatic carbocycles. The number of amides is 7. The molecule has 0 bridgehead atoms. The SMILES string of the molecule is CC(C)(C)OC(=O)NC(CCCCNC(=O)CCCCCNC(=O)CCCCC1SCC2NC(=O)NC21)C(=O)ON1C(=O)CCC1=O. The van der Waals surface area contributed by atoms with Crippen LogP contribution in [-0.4, -0.2) is 94.6 Å².